The van der Waals surface area contributed by atoms with E-state index in [9.17, 15) is 4.79 Å². The summed E-state index contributed by atoms with van der Waals surface area (Å²) in [4.78, 5) is 10.7. The lowest BCUT2D eigenvalue weighted by Crippen LogP contribution is -2.18. The number of carbonyl (C=O) groups is 1. The van der Waals surface area contributed by atoms with E-state index in [0.29, 0.717) is 11.4 Å². The fourth-order valence-electron chi connectivity index (χ4n) is 1.28. The van der Waals surface area contributed by atoms with E-state index in [1.54, 1.807) is 6.92 Å². The van der Waals surface area contributed by atoms with Crippen molar-refractivity contribution in [2.24, 2.45) is 5.92 Å². The van der Waals surface area contributed by atoms with Crippen LogP contribution in [-0.4, -0.2) is 18.9 Å². The Morgan fingerprint density at radius 2 is 2.29 bits per heavy atom. The van der Waals surface area contributed by atoms with Crippen molar-refractivity contribution in [2.75, 3.05) is 0 Å². The summed E-state index contributed by atoms with van der Waals surface area (Å²) < 4.78 is 0. The average molecular weight is 210 g/mol. The van der Waals surface area contributed by atoms with Crippen molar-refractivity contribution < 1.29 is 9.90 Å². The van der Waals surface area contributed by atoms with Crippen molar-refractivity contribution in [1.82, 2.24) is 0 Å². The molecule has 1 atom stereocenters. The molecule has 1 unspecified atom stereocenters. The van der Waals surface area contributed by atoms with Gasteiger partial charge in [-0.2, -0.15) is 0 Å². The molecule has 1 N–H and O–H groups in total. The van der Waals surface area contributed by atoms with Crippen molar-refractivity contribution in [2.45, 2.75) is 13.3 Å². The van der Waals surface area contributed by atoms with Crippen LogP contribution in [0.2, 0.25) is 5.02 Å². The second-order valence-corrected chi connectivity index (χ2v) is 3.95. The number of hydrogen-bond acceptors (Lipinski definition) is 1. The van der Waals surface area contributed by atoms with Gasteiger partial charge in [-0.25, -0.2) is 0 Å². The maximum Gasteiger partial charge on any atom is 0.306 e. The van der Waals surface area contributed by atoms with Crippen molar-refractivity contribution in [3.8, 4) is 0 Å². The number of carboxylic acid groups (broad SMARTS) is 1. The van der Waals surface area contributed by atoms with Crippen LogP contribution in [0.25, 0.3) is 0 Å². The summed E-state index contributed by atoms with van der Waals surface area (Å²) in [5, 5.41) is 9.43. The van der Waals surface area contributed by atoms with Gasteiger partial charge in [0.2, 0.25) is 0 Å². The van der Waals surface area contributed by atoms with E-state index in [4.69, 9.17) is 16.7 Å². The molecule has 74 valence electrons. The molecule has 2 nitrogen and oxygen atoms in total. The summed E-state index contributed by atoms with van der Waals surface area (Å²) in [5.41, 5.74) is 2.09. The summed E-state index contributed by atoms with van der Waals surface area (Å²) in [6, 6.07) is 5.55. The molecule has 0 aliphatic carbocycles. The van der Waals surface area contributed by atoms with E-state index in [1.165, 1.54) is 0 Å². The zero-order chi connectivity index (χ0) is 10.7. The molecular weight excluding hydrogens is 198 g/mol. The molecule has 0 aliphatic rings. The number of rotatable bonds is 3. The van der Waals surface area contributed by atoms with E-state index in [2.05, 4.69) is 0 Å². The Labute approximate surface area is 89.3 Å². The number of hydrogen-bond donors (Lipinski definition) is 1. The van der Waals surface area contributed by atoms with Crippen LogP contribution in [0.3, 0.4) is 0 Å². The highest BCUT2D eigenvalue weighted by molar-refractivity contribution is 6.35. The smallest absolute Gasteiger partial charge is 0.306 e. The minimum atomic E-state index is -0.774. The quantitative estimate of drug-likeness (QED) is 0.752. The average Bonchev–Trinajstić information content (AvgIpc) is 2.11. The fourth-order valence-corrected chi connectivity index (χ4v) is 1.47. The summed E-state index contributed by atoms with van der Waals surface area (Å²) in [6.07, 6.45) is 0.529. The second-order valence-electron chi connectivity index (χ2n) is 3.51. The van der Waals surface area contributed by atoms with Crippen LogP contribution in [-0.2, 0) is 11.2 Å². The Morgan fingerprint density at radius 1 is 1.64 bits per heavy atom. The largest absolute Gasteiger partial charge is 0.481 e. The molecule has 14 heavy (non-hydrogen) atoms. The predicted molar refractivity (Wildman–Crippen MR) is 60.1 cm³/mol. The van der Waals surface area contributed by atoms with E-state index < -0.39 is 5.97 Å². The molecule has 0 spiro atoms. The minimum absolute atomic E-state index is 0.368. The first-order valence-electron chi connectivity index (χ1n) is 4.48. The molecule has 4 heteroatoms. The first-order chi connectivity index (χ1) is 6.50. The lowest BCUT2D eigenvalue weighted by molar-refractivity contribution is -0.141. The standard InChI is InChI=1S/C10H12BClO2/c1-6(10(13)14)4-7-5-8(12)2-3-9(7)11/h2-3,5-6H,4,11H2,1H3,(H,13,14). The first-order valence-corrected chi connectivity index (χ1v) is 4.86. The molecule has 0 amide bonds. The first kappa shape index (κ1) is 11.1. The molecule has 0 bridgehead atoms. The molecule has 0 saturated heterocycles. The molecule has 0 heterocycles. The number of benzene rings is 1. The number of aliphatic carboxylic acids is 1. The van der Waals surface area contributed by atoms with Gasteiger partial charge >= 0.3 is 5.97 Å². The molecular formula is C10H12BClO2. The highest BCUT2D eigenvalue weighted by Crippen LogP contribution is 2.12. The van der Waals surface area contributed by atoms with E-state index >= 15 is 0 Å². The summed E-state index contributed by atoms with van der Waals surface area (Å²) in [6.45, 7) is 1.70. The minimum Gasteiger partial charge on any atom is -0.481 e. The van der Waals surface area contributed by atoms with Crippen molar-refractivity contribution in [3.63, 3.8) is 0 Å². The van der Waals surface area contributed by atoms with Crippen LogP contribution in [0, 0.1) is 5.92 Å². The highest BCUT2D eigenvalue weighted by Gasteiger charge is 2.12. The third kappa shape index (κ3) is 2.77. The van der Waals surface area contributed by atoms with Crippen molar-refractivity contribution in [3.05, 3.63) is 28.8 Å². The Bertz CT molecular complexity index is 352. The van der Waals surface area contributed by atoms with Crippen LogP contribution in [0.15, 0.2) is 18.2 Å². The monoisotopic (exact) mass is 210 g/mol. The highest BCUT2D eigenvalue weighted by atomic mass is 35.5. The van der Waals surface area contributed by atoms with Gasteiger partial charge in [-0.1, -0.05) is 35.6 Å². The topological polar surface area (TPSA) is 37.3 Å². The Kier molecular flexibility index (Phi) is 3.58. The van der Waals surface area contributed by atoms with Gasteiger partial charge in [0.1, 0.15) is 7.85 Å². The van der Waals surface area contributed by atoms with Crippen LogP contribution in [0.5, 0.6) is 0 Å². The lowest BCUT2D eigenvalue weighted by Gasteiger charge is -2.09. The number of carboxylic acids is 1. The summed E-state index contributed by atoms with van der Waals surface area (Å²) in [5.74, 6) is -1.14. The molecule has 0 aromatic heterocycles. The molecule has 1 rings (SSSR count). The normalized spacial score (nSPS) is 12.4. The van der Waals surface area contributed by atoms with Crippen LogP contribution in [0.4, 0.5) is 0 Å². The van der Waals surface area contributed by atoms with Crippen molar-refractivity contribution >= 4 is 30.9 Å². The van der Waals surface area contributed by atoms with Crippen LogP contribution in [0.1, 0.15) is 12.5 Å². The molecule has 0 fully saturated rings. The van der Waals surface area contributed by atoms with Gasteiger partial charge in [0, 0.05) is 5.02 Å². The Balaban J connectivity index is 2.85. The third-order valence-electron chi connectivity index (χ3n) is 2.26. The van der Waals surface area contributed by atoms with E-state index in [1.807, 2.05) is 26.0 Å². The summed E-state index contributed by atoms with van der Waals surface area (Å²) in [7, 11) is 1.96. The molecule has 1 aromatic rings. The van der Waals surface area contributed by atoms with Gasteiger partial charge < -0.3 is 5.11 Å². The number of halogens is 1. The van der Waals surface area contributed by atoms with E-state index in [0.717, 1.165) is 11.0 Å². The summed E-state index contributed by atoms with van der Waals surface area (Å²) >= 11 is 5.83. The van der Waals surface area contributed by atoms with Gasteiger partial charge in [-0.05, 0) is 18.6 Å². The molecule has 0 aliphatic heterocycles. The Hall–Kier alpha value is -0.955. The predicted octanol–water partition coefficient (Wildman–Crippen LogP) is 0.862. The van der Waals surface area contributed by atoms with Crippen LogP contribution < -0.4 is 5.46 Å². The lowest BCUT2D eigenvalue weighted by atomic mass is 9.86. The van der Waals surface area contributed by atoms with E-state index in [-0.39, 0.29) is 5.92 Å². The zero-order valence-corrected chi connectivity index (χ0v) is 9.01. The Morgan fingerprint density at radius 3 is 2.86 bits per heavy atom. The zero-order valence-electron chi connectivity index (χ0n) is 8.25. The third-order valence-corrected chi connectivity index (χ3v) is 2.49. The van der Waals surface area contributed by atoms with Gasteiger partial charge in [-0.3, -0.25) is 4.79 Å². The molecule has 0 radical (unpaired) electrons. The molecule has 1 aromatic carbocycles. The maximum atomic E-state index is 10.7. The van der Waals surface area contributed by atoms with Crippen LogP contribution >= 0.6 is 11.6 Å². The second kappa shape index (κ2) is 4.51. The maximum absolute atomic E-state index is 10.7. The SMILES string of the molecule is Bc1ccc(Cl)cc1CC(C)C(=O)O. The van der Waals surface area contributed by atoms with Gasteiger partial charge in [0.05, 0.1) is 5.92 Å². The van der Waals surface area contributed by atoms with Gasteiger partial charge in [0.25, 0.3) is 0 Å². The van der Waals surface area contributed by atoms with Crippen molar-refractivity contribution in [1.29, 1.82) is 0 Å². The van der Waals surface area contributed by atoms with Gasteiger partial charge in [0.15, 0.2) is 0 Å². The van der Waals surface area contributed by atoms with Gasteiger partial charge in [-0.15, -0.1) is 0 Å². The molecule has 0 saturated carbocycles. The fraction of sp³-hybridized carbons (Fsp3) is 0.300.